The summed E-state index contributed by atoms with van der Waals surface area (Å²) in [7, 11) is 0. The monoisotopic (exact) mass is 138 g/mol. The van der Waals surface area contributed by atoms with Gasteiger partial charge in [-0.3, -0.25) is 0 Å². The van der Waals surface area contributed by atoms with E-state index in [-0.39, 0.29) is 5.92 Å². The van der Waals surface area contributed by atoms with Crippen LogP contribution in [-0.2, 0) is 0 Å². The second kappa shape index (κ2) is 5.00. The average Bonchev–Trinajstić information content (AvgIpc) is 1.91. The van der Waals surface area contributed by atoms with Crippen LogP contribution in [0, 0.1) is 5.92 Å². The van der Waals surface area contributed by atoms with Crippen molar-refractivity contribution in [2.24, 2.45) is 5.92 Å². The normalized spacial score (nSPS) is 13.9. The maximum Gasteiger partial charge on any atom is 0.0817 e. The van der Waals surface area contributed by atoms with Gasteiger partial charge in [0.15, 0.2) is 0 Å². The van der Waals surface area contributed by atoms with Gasteiger partial charge in [0.25, 0.3) is 0 Å². The summed E-state index contributed by atoms with van der Waals surface area (Å²) in [5.74, 6) is -0.0313. The van der Waals surface area contributed by atoms with E-state index in [1.807, 2.05) is 13.0 Å². The standard InChI is InChI=1S/C9H14O/c1-4-7-9(10)8(5-2)6-3/h4-10H,2-3H2,1H3/b7-4+/t9-/m1/s1. The lowest BCUT2D eigenvalue weighted by atomic mass is 10.0. The Hall–Kier alpha value is -0.820. The Balaban J connectivity index is 3.99. The van der Waals surface area contributed by atoms with Gasteiger partial charge in [-0.15, -0.1) is 13.2 Å². The number of aliphatic hydroxyl groups excluding tert-OH is 1. The second-order valence-corrected chi connectivity index (χ2v) is 2.07. The van der Waals surface area contributed by atoms with E-state index in [1.165, 1.54) is 0 Å². The molecule has 0 aromatic carbocycles. The second-order valence-electron chi connectivity index (χ2n) is 2.07. The molecule has 0 aromatic rings. The maximum atomic E-state index is 9.28. The summed E-state index contributed by atoms with van der Waals surface area (Å²) < 4.78 is 0. The average molecular weight is 138 g/mol. The highest BCUT2D eigenvalue weighted by Gasteiger charge is 2.06. The summed E-state index contributed by atoms with van der Waals surface area (Å²) in [6.07, 6.45) is 6.41. The quantitative estimate of drug-likeness (QED) is 0.588. The topological polar surface area (TPSA) is 20.2 Å². The van der Waals surface area contributed by atoms with Gasteiger partial charge in [0.05, 0.1) is 6.10 Å². The number of hydrogen-bond donors (Lipinski definition) is 1. The van der Waals surface area contributed by atoms with Crippen LogP contribution in [0.25, 0.3) is 0 Å². The van der Waals surface area contributed by atoms with Crippen LogP contribution in [0.3, 0.4) is 0 Å². The van der Waals surface area contributed by atoms with Crippen LogP contribution in [0.4, 0.5) is 0 Å². The Labute approximate surface area is 62.4 Å². The van der Waals surface area contributed by atoms with Crippen molar-refractivity contribution in [1.82, 2.24) is 0 Å². The smallest absolute Gasteiger partial charge is 0.0817 e. The van der Waals surface area contributed by atoms with E-state index in [0.29, 0.717) is 0 Å². The molecule has 0 spiro atoms. The van der Waals surface area contributed by atoms with Crippen molar-refractivity contribution in [3.05, 3.63) is 37.5 Å². The fraction of sp³-hybridized carbons (Fsp3) is 0.333. The first-order valence-electron chi connectivity index (χ1n) is 3.32. The van der Waals surface area contributed by atoms with Crippen LogP contribution in [-0.4, -0.2) is 11.2 Å². The number of hydrogen-bond acceptors (Lipinski definition) is 1. The molecule has 10 heavy (non-hydrogen) atoms. The predicted molar refractivity (Wildman–Crippen MR) is 44.7 cm³/mol. The summed E-state index contributed by atoms with van der Waals surface area (Å²) >= 11 is 0. The van der Waals surface area contributed by atoms with Crippen molar-refractivity contribution in [3.8, 4) is 0 Å². The minimum Gasteiger partial charge on any atom is -0.388 e. The van der Waals surface area contributed by atoms with Crippen LogP contribution in [0.5, 0.6) is 0 Å². The Morgan fingerprint density at radius 1 is 1.30 bits per heavy atom. The molecule has 0 fully saturated rings. The zero-order valence-electron chi connectivity index (χ0n) is 6.33. The van der Waals surface area contributed by atoms with Crippen LogP contribution in [0.2, 0.25) is 0 Å². The Morgan fingerprint density at radius 2 is 1.80 bits per heavy atom. The molecule has 1 atom stereocenters. The molecule has 0 aliphatic rings. The molecule has 0 aliphatic heterocycles. The van der Waals surface area contributed by atoms with Crippen molar-refractivity contribution in [1.29, 1.82) is 0 Å². The third-order valence-electron chi connectivity index (χ3n) is 1.33. The molecule has 1 heteroatoms. The molecule has 0 saturated heterocycles. The van der Waals surface area contributed by atoms with Gasteiger partial charge in [-0.1, -0.05) is 24.3 Å². The van der Waals surface area contributed by atoms with Gasteiger partial charge in [-0.25, -0.2) is 0 Å². The van der Waals surface area contributed by atoms with Gasteiger partial charge in [-0.05, 0) is 6.92 Å². The number of aliphatic hydroxyl groups is 1. The third kappa shape index (κ3) is 2.65. The summed E-state index contributed by atoms with van der Waals surface area (Å²) in [5, 5.41) is 9.28. The Kier molecular flexibility index (Phi) is 4.59. The zero-order chi connectivity index (χ0) is 7.98. The van der Waals surface area contributed by atoms with Gasteiger partial charge in [0.1, 0.15) is 0 Å². The summed E-state index contributed by atoms with van der Waals surface area (Å²) in [6, 6.07) is 0. The molecule has 0 unspecified atom stereocenters. The molecular weight excluding hydrogens is 124 g/mol. The molecule has 0 aliphatic carbocycles. The van der Waals surface area contributed by atoms with E-state index < -0.39 is 6.10 Å². The molecular formula is C9H14O. The van der Waals surface area contributed by atoms with Crippen molar-refractivity contribution in [2.75, 3.05) is 0 Å². The molecule has 0 aromatic heterocycles. The molecule has 1 N–H and O–H groups in total. The van der Waals surface area contributed by atoms with Gasteiger partial charge in [-0.2, -0.15) is 0 Å². The van der Waals surface area contributed by atoms with Gasteiger partial charge in [0.2, 0.25) is 0 Å². The largest absolute Gasteiger partial charge is 0.388 e. The van der Waals surface area contributed by atoms with E-state index in [4.69, 9.17) is 0 Å². The molecule has 0 radical (unpaired) electrons. The fourth-order valence-corrected chi connectivity index (χ4v) is 0.701. The first kappa shape index (κ1) is 9.18. The fourth-order valence-electron chi connectivity index (χ4n) is 0.701. The van der Waals surface area contributed by atoms with Crippen molar-refractivity contribution in [3.63, 3.8) is 0 Å². The van der Waals surface area contributed by atoms with Crippen LogP contribution >= 0.6 is 0 Å². The van der Waals surface area contributed by atoms with Crippen LogP contribution < -0.4 is 0 Å². The highest BCUT2D eigenvalue weighted by atomic mass is 16.3. The Morgan fingerprint density at radius 3 is 2.10 bits per heavy atom. The molecule has 0 rings (SSSR count). The maximum absolute atomic E-state index is 9.28. The van der Waals surface area contributed by atoms with Crippen LogP contribution in [0.1, 0.15) is 6.92 Å². The number of allylic oxidation sites excluding steroid dienone is 1. The van der Waals surface area contributed by atoms with Crippen molar-refractivity contribution >= 4 is 0 Å². The lowest BCUT2D eigenvalue weighted by molar-refractivity contribution is 0.197. The van der Waals surface area contributed by atoms with E-state index in [1.54, 1.807) is 18.2 Å². The van der Waals surface area contributed by atoms with E-state index in [2.05, 4.69) is 13.2 Å². The van der Waals surface area contributed by atoms with Gasteiger partial charge in [0, 0.05) is 5.92 Å². The summed E-state index contributed by atoms with van der Waals surface area (Å²) in [5.41, 5.74) is 0. The molecule has 0 heterocycles. The van der Waals surface area contributed by atoms with E-state index >= 15 is 0 Å². The van der Waals surface area contributed by atoms with E-state index in [0.717, 1.165) is 0 Å². The highest BCUT2D eigenvalue weighted by molar-refractivity contribution is 5.03. The lowest BCUT2D eigenvalue weighted by Crippen LogP contribution is -2.12. The minimum atomic E-state index is -0.472. The van der Waals surface area contributed by atoms with Crippen molar-refractivity contribution in [2.45, 2.75) is 13.0 Å². The molecule has 0 saturated carbocycles. The van der Waals surface area contributed by atoms with Crippen LogP contribution in [0.15, 0.2) is 37.5 Å². The first-order valence-corrected chi connectivity index (χ1v) is 3.32. The predicted octanol–water partition coefficient (Wildman–Crippen LogP) is 1.91. The molecule has 0 bridgehead atoms. The van der Waals surface area contributed by atoms with Gasteiger partial charge < -0.3 is 5.11 Å². The SMILES string of the molecule is C=CC(C=C)[C@H](O)/C=C/C. The number of rotatable bonds is 4. The molecule has 0 amide bonds. The molecule has 1 nitrogen and oxygen atoms in total. The van der Waals surface area contributed by atoms with Crippen molar-refractivity contribution < 1.29 is 5.11 Å². The van der Waals surface area contributed by atoms with E-state index in [9.17, 15) is 5.11 Å². The summed E-state index contributed by atoms with van der Waals surface area (Å²) in [4.78, 5) is 0. The van der Waals surface area contributed by atoms with Gasteiger partial charge >= 0.3 is 0 Å². The first-order chi connectivity index (χ1) is 4.76. The lowest BCUT2D eigenvalue weighted by Gasteiger charge is -2.10. The summed E-state index contributed by atoms with van der Waals surface area (Å²) in [6.45, 7) is 9.01. The Bertz CT molecular complexity index is 128. The minimum absolute atomic E-state index is 0.0313. The molecule has 56 valence electrons. The zero-order valence-corrected chi connectivity index (χ0v) is 6.33. The highest BCUT2D eigenvalue weighted by Crippen LogP contribution is 2.06. The third-order valence-corrected chi connectivity index (χ3v) is 1.33.